The molecule has 0 atom stereocenters. The van der Waals surface area contributed by atoms with Gasteiger partial charge in [-0.3, -0.25) is 0 Å². The molecule has 106 valence electrons. The highest BCUT2D eigenvalue weighted by Gasteiger charge is 2.07. The van der Waals surface area contributed by atoms with Gasteiger partial charge < -0.3 is 10.1 Å². The van der Waals surface area contributed by atoms with Crippen LogP contribution in [0.5, 0.6) is 0 Å². The first kappa shape index (κ1) is 15.6. The molecular formula is C15H14BrCl2NO. The summed E-state index contributed by atoms with van der Waals surface area (Å²) in [6.45, 7) is 1.28. The summed E-state index contributed by atoms with van der Waals surface area (Å²) >= 11 is 15.7. The standard InChI is InChI=1S/C15H14BrCl2NO/c1-20-9-11-4-2-10(3-5-11)8-19-15-13(17)6-12(16)7-14(15)18/h2-7,19H,8-9H2,1H3. The summed E-state index contributed by atoms with van der Waals surface area (Å²) in [7, 11) is 1.69. The minimum atomic E-state index is 0.598. The Kier molecular flexibility index (Phi) is 5.73. The van der Waals surface area contributed by atoms with Gasteiger partial charge >= 0.3 is 0 Å². The zero-order valence-electron chi connectivity index (χ0n) is 10.9. The zero-order valence-corrected chi connectivity index (χ0v) is 14.0. The second-order valence-corrected chi connectivity index (χ2v) is 6.08. The molecule has 0 amide bonds. The molecule has 2 rings (SSSR count). The Hall–Kier alpha value is -0.740. The van der Waals surface area contributed by atoms with Crippen molar-refractivity contribution in [3.05, 3.63) is 62.0 Å². The third kappa shape index (κ3) is 4.13. The first-order valence-corrected chi connectivity index (χ1v) is 7.60. The number of hydrogen-bond donors (Lipinski definition) is 1. The van der Waals surface area contributed by atoms with E-state index >= 15 is 0 Å². The van der Waals surface area contributed by atoms with Crippen LogP contribution < -0.4 is 5.32 Å². The SMILES string of the molecule is COCc1ccc(CNc2c(Cl)cc(Br)cc2Cl)cc1. The van der Waals surface area contributed by atoms with Crippen LogP contribution in [-0.4, -0.2) is 7.11 Å². The molecule has 0 radical (unpaired) electrons. The number of methoxy groups -OCH3 is 1. The molecule has 0 aromatic heterocycles. The van der Waals surface area contributed by atoms with Crippen LogP contribution in [0.3, 0.4) is 0 Å². The summed E-state index contributed by atoms with van der Waals surface area (Å²) in [6.07, 6.45) is 0. The predicted octanol–water partition coefficient (Wildman–Crippen LogP) is 5.51. The van der Waals surface area contributed by atoms with Crippen LogP contribution in [0.4, 0.5) is 5.69 Å². The van der Waals surface area contributed by atoms with Crippen LogP contribution in [0.2, 0.25) is 10.0 Å². The molecule has 1 N–H and O–H groups in total. The first-order chi connectivity index (χ1) is 9.60. The molecule has 0 saturated heterocycles. The quantitative estimate of drug-likeness (QED) is 0.744. The number of halogens is 3. The average Bonchev–Trinajstić information content (AvgIpc) is 2.39. The summed E-state index contributed by atoms with van der Waals surface area (Å²) in [6, 6.07) is 11.8. The number of benzene rings is 2. The van der Waals surface area contributed by atoms with Gasteiger partial charge in [0.1, 0.15) is 0 Å². The Balaban J connectivity index is 2.05. The molecule has 2 aromatic rings. The van der Waals surface area contributed by atoms with Crippen LogP contribution in [0.15, 0.2) is 40.9 Å². The molecule has 20 heavy (non-hydrogen) atoms. The average molecular weight is 375 g/mol. The Morgan fingerprint density at radius 3 is 2.15 bits per heavy atom. The number of nitrogens with one attached hydrogen (secondary N) is 1. The van der Waals surface area contributed by atoms with Crippen molar-refractivity contribution in [2.75, 3.05) is 12.4 Å². The highest BCUT2D eigenvalue weighted by Crippen LogP contribution is 2.34. The molecule has 2 aromatic carbocycles. The van der Waals surface area contributed by atoms with Crippen molar-refractivity contribution in [1.29, 1.82) is 0 Å². The Bertz CT molecular complexity index is 564. The van der Waals surface area contributed by atoms with E-state index in [2.05, 4.69) is 33.4 Å². The van der Waals surface area contributed by atoms with Gasteiger partial charge in [-0.05, 0) is 23.3 Å². The van der Waals surface area contributed by atoms with Crippen molar-refractivity contribution >= 4 is 44.8 Å². The highest BCUT2D eigenvalue weighted by molar-refractivity contribution is 9.10. The fraction of sp³-hybridized carbons (Fsp3) is 0.200. The monoisotopic (exact) mass is 373 g/mol. The van der Waals surface area contributed by atoms with E-state index in [1.165, 1.54) is 0 Å². The molecule has 0 fully saturated rings. The van der Waals surface area contributed by atoms with Crippen LogP contribution in [-0.2, 0) is 17.9 Å². The summed E-state index contributed by atoms with van der Waals surface area (Å²) in [5.74, 6) is 0. The van der Waals surface area contributed by atoms with Crippen molar-refractivity contribution in [3.63, 3.8) is 0 Å². The topological polar surface area (TPSA) is 21.3 Å². The van der Waals surface area contributed by atoms with Gasteiger partial charge in [-0.1, -0.05) is 63.4 Å². The number of ether oxygens (including phenoxy) is 1. The van der Waals surface area contributed by atoms with Crippen molar-refractivity contribution in [3.8, 4) is 0 Å². The van der Waals surface area contributed by atoms with E-state index in [1.807, 2.05) is 24.3 Å². The Morgan fingerprint density at radius 2 is 1.60 bits per heavy atom. The fourth-order valence-electron chi connectivity index (χ4n) is 1.82. The smallest absolute Gasteiger partial charge is 0.0722 e. The number of anilines is 1. The maximum absolute atomic E-state index is 6.17. The fourth-order valence-corrected chi connectivity index (χ4v) is 3.16. The third-order valence-electron chi connectivity index (χ3n) is 2.81. The van der Waals surface area contributed by atoms with Gasteiger partial charge in [-0.15, -0.1) is 0 Å². The maximum Gasteiger partial charge on any atom is 0.0722 e. The van der Waals surface area contributed by atoms with E-state index in [0.29, 0.717) is 23.2 Å². The van der Waals surface area contributed by atoms with E-state index in [0.717, 1.165) is 21.3 Å². The summed E-state index contributed by atoms with van der Waals surface area (Å²) in [5, 5.41) is 4.46. The van der Waals surface area contributed by atoms with Gasteiger partial charge in [0.2, 0.25) is 0 Å². The minimum Gasteiger partial charge on any atom is -0.380 e. The maximum atomic E-state index is 6.17. The minimum absolute atomic E-state index is 0.598. The Labute approximate surface area is 137 Å². The third-order valence-corrected chi connectivity index (χ3v) is 3.86. The number of rotatable bonds is 5. The zero-order chi connectivity index (χ0) is 14.5. The van der Waals surface area contributed by atoms with Gasteiger partial charge in [0.25, 0.3) is 0 Å². The van der Waals surface area contributed by atoms with E-state index < -0.39 is 0 Å². The highest BCUT2D eigenvalue weighted by atomic mass is 79.9. The van der Waals surface area contributed by atoms with Gasteiger partial charge in [0, 0.05) is 18.1 Å². The van der Waals surface area contributed by atoms with Gasteiger partial charge in [0.05, 0.1) is 22.3 Å². The summed E-state index contributed by atoms with van der Waals surface area (Å²) in [5.41, 5.74) is 3.05. The predicted molar refractivity (Wildman–Crippen MR) is 88.6 cm³/mol. The van der Waals surface area contributed by atoms with E-state index in [9.17, 15) is 0 Å². The molecule has 0 unspecified atom stereocenters. The van der Waals surface area contributed by atoms with Crippen LogP contribution in [0.1, 0.15) is 11.1 Å². The van der Waals surface area contributed by atoms with Gasteiger partial charge in [-0.2, -0.15) is 0 Å². The molecule has 0 aliphatic rings. The van der Waals surface area contributed by atoms with Crippen LogP contribution >= 0.6 is 39.1 Å². The molecule has 0 spiro atoms. The van der Waals surface area contributed by atoms with E-state index in [1.54, 1.807) is 7.11 Å². The normalized spacial score (nSPS) is 10.6. The van der Waals surface area contributed by atoms with Gasteiger partial charge in [0.15, 0.2) is 0 Å². The largest absolute Gasteiger partial charge is 0.380 e. The molecule has 0 aliphatic carbocycles. The lowest BCUT2D eigenvalue weighted by molar-refractivity contribution is 0.185. The molecule has 5 heteroatoms. The van der Waals surface area contributed by atoms with E-state index in [4.69, 9.17) is 27.9 Å². The van der Waals surface area contributed by atoms with Crippen molar-refractivity contribution in [1.82, 2.24) is 0 Å². The number of hydrogen-bond acceptors (Lipinski definition) is 2. The van der Waals surface area contributed by atoms with Crippen LogP contribution in [0, 0.1) is 0 Å². The lowest BCUT2D eigenvalue weighted by Crippen LogP contribution is -2.01. The molecular weight excluding hydrogens is 361 g/mol. The van der Waals surface area contributed by atoms with E-state index in [-0.39, 0.29) is 0 Å². The summed E-state index contributed by atoms with van der Waals surface area (Å²) in [4.78, 5) is 0. The van der Waals surface area contributed by atoms with Crippen molar-refractivity contribution in [2.45, 2.75) is 13.2 Å². The molecule has 2 nitrogen and oxygen atoms in total. The second-order valence-electron chi connectivity index (χ2n) is 4.35. The van der Waals surface area contributed by atoms with Crippen molar-refractivity contribution < 1.29 is 4.74 Å². The molecule has 0 bridgehead atoms. The first-order valence-electron chi connectivity index (χ1n) is 6.05. The summed E-state index contributed by atoms with van der Waals surface area (Å²) < 4.78 is 5.95. The lowest BCUT2D eigenvalue weighted by atomic mass is 10.1. The molecule has 0 aliphatic heterocycles. The van der Waals surface area contributed by atoms with Crippen LogP contribution in [0.25, 0.3) is 0 Å². The molecule has 0 saturated carbocycles. The Morgan fingerprint density at radius 1 is 1.05 bits per heavy atom. The second kappa shape index (κ2) is 7.32. The van der Waals surface area contributed by atoms with Crippen molar-refractivity contribution in [2.24, 2.45) is 0 Å². The van der Waals surface area contributed by atoms with Gasteiger partial charge in [-0.25, -0.2) is 0 Å². The molecule has 0 heterocycles. The lowest BCUT2D eigenvalue weighted by Gasteiger charge is -2.11.